The van der Waals surface area contributed by atoms with Crippen LogP contribution in [0.3, 0.4) is 0 Å². The normalized spacial score (nSPS) is 10.6. The van der Waals surface area contributed by atoms with Gasteiger partial charge in [-0.15, -0.1) is 0 Å². The third kappa shape index (κ3) is 3.09. The molecule has 20 heavy (non-hydrogen) atoms. The average Bonchev–Trinajstić information content (AvgIpc) is 2.41. The van der Waals surface area contributed by atoms with Gasteiger partial charge in [-0.25, -0.2) is 0 Å². The third-order valence-electron chi connectivity index (χ3n) is 3.19. The van der Waals surface area contributed by atoms with Gasteiger partial charge < -0.3 is 16.8 Å². The first-order chi connectivity index (χ1) is 9.47. The number of carbonyl (C=O) groups is 1. The number of hydrogen-bond donors (Lipinski definition) is 3. The molecule has 0 unspecified atom stereocenters. The molecule has 1 amide bonds. The van der Waals surface area contributed by atoms with Crippen LogP contribution in [0.4, 0.5) is 17.1 Å². The van der Waals surface area contributed by atoms with E-state index in [1.165, 1.54) is 5.56 Å². The Morgan fingerprint density at radius 3 is 2.30 bits per heavy atom. The van der Waals surface area contributed by atoms with Crippen molar-refractivity contribution in [2.24, 2.45) is 5.73 Å². The number of amides is 1. The Balaban J connectivity index is 2.25. The van der Waals surface area contributed by atoms with Crippen molar-refractivity contribution in [3.63, 3.8) is 0 Å². The average molecular weight is 269 g/mol. The lowest BCUT2D eigenvalue weighted by molar-refractivity contribution is 0.100. The van der Waals surface area contributed by atoms with Crippen molar-refractivity contribution < 1.29 is 4.79 Å². The highest BCUT2D eigenvalue weighted by Gasteiger charge is 2.06. The quantitative estimate of drug-likeness (QED) is 0.745. The molecule has 0 aromatic heterocycles. The molecular weight excluding hydrogens is 250 g/mol. The largest absolute Gasteiger partial charge is 0.397 e. The molecule has 0 spiro atoms. The Morgan fingerprint density at radius 1 is 1.10 bits per heavy atom. The van der Waals surface area contributed by atoms with Crippen LogP contribution >= 0.6 is 0 Å². The molecule has 0 aliphatic rings. The molecule has 104 valence electrons. The molecule has 0 radical (unpaired) electrons. The summed E-state index contributed by atoms with van der Waals surface area (Å²) in [6.07, 6.45) is 0. The van der Waals surface area contributed by atoms with Crippen LogP contribution in [0.1, 0.15) is 35.7 Å². The van der Waals surface area contributed by atoms with Gasteiger partial charge >= 0.3 is 0 Å². The first-order valence-corrected chi connectivity index (χ1v) is 6.53. The van der Waals surface area contributed by atoms with E-state index in [1.54, 1.807) is 18.2 Å². The van der Waals surface area contributed by atoms with E-state index in [1.807, 2.05) is 12.1 Å². The fourth-order valence-corrected chi connectivity index (χ4v) is 1.92. The minimum Gasteiger partial charge on any atom is -0.397 e. The summed E-state index contributed by atoms with van der Waals surface area (Å²) in [4.78, 5) is 11.2. The minimum absolute atomic E-state index is 0.431. The minimum atomic E-state index is -0.469. The zero-order valence-corrected chi connectivity index (χ0v) is 11.7. The summed E-state index contributed by atoms with van der Waals surface area (Å²) >= 11 is 0. The van der Waals surface area contributed by atoms with Crippen LogP contribution in [0.2, 0.25) is 0 Å². The molecule has 5 N–H and O–H groups in total. The zero-order chi connectivity index (χ0) is 14.7. The summed E-state index contributed by atoms with van der Waals surface area (Å²) in [5.41, 5.74) is 15.0. The molecule has 0 aliphatic carbocycles. The van der Waals surface area contributed by atoms with E-state index in [0.29, 0.717) is 22.9 Å². The number of nitrogens with one attached hydrogen (secondary N) is 1. The van der Waals surface area contributed by atoms with Gasteiger partial charge in [0.25, 0.3) is 0 Å². The van der Waals surface area contributed by atoms with Crippen molar-refractivity contribution >= 4 is 23.0 Å². The first-order valence-electron chi connectivity index (χ1n) is 6.53. The van der Waals surface area contributed by atoms with Crippen LogP contribution in [0.25, 0.3) is 0 Å². The number of primary amides is 1. The summed E-state index contributed by atoms with van der Waals surface area (Å²) in [5, 5.41) is 3.20. The Labute approximate surface area is 118 Å². The molecule has 2 rings (SSSR count). The highest BCUT2D eigenvalue weighted by molar-refractivity contribution is 5.95. The summed E-state index contributed by atoms with van der Waals surface area (Å²) in [5.74, 6) is 0.0236. The third-order valence-corrected chi connectivity index (χ3v) is 3.19. The van der Waals surface area contributed by atoms with Crippen molar-refractivity contribution in [1.82, 2.24) is 0 Å². The maximum absolute atomic E-state index is 11.2. The van der Waals surface area contributed by atoms with Gasteiger partial charge in [-0.05, 0) is 41.8 Å². The molecule has 0 saturated heterocycles. The van der Waals surface area contributed by atoms with Gasteiger partial charge in [0, 0.05) is 11.3 Å². The van der Waals surface area contributed by atoms with Crippen molar-refractivity contribution in [1.29, 1.82) is 0 Å². The van der Waals surface area contributed by atoms with Crippen molar-refractivity contribution in [2.75, 3.05) is 11.1 Å². The monoisotopic (exact) mass is 269 g/mol. The lowest BCUT2D eigenvalue weighted by atomic mass is 10.0. The topological polar surface area (TPSA) is 81.1 Å². The standard InChI is InChI=1S/C16H19N3O/c1-10(2)11-3-6-13(7-4-11)19-15-9-12(16(18)20)5-8-14(15)17/h3-10,19H,17H2,1-2H3,(H2,18,20). The van der Waals surface area contributed by atoms with E-state index in [2.05, 4.69) is 31.3 Å². The number of rotatable bonds is 4. The highest BCUT2D eigenvalue weighted by Crippen LogP contribution is 2.25. The molecule has 0 bridgehead atoms. The lowest BCUT2D eigenvalue weighted by Gasteiger charge is -2.12. The number of nitrogens with two attached hydrogens (primary N) is 2. The second-order valence-corrected chi connectivity index (χ2v) is 5.07. The maximum Gasteiger partial charge on any atom is 0.248 e. The second kappa shape index (κ2) is 5.65. The predicted molar refractivity (Wildman–Crippen MR) is 83.2 cm³/mol. The number of carbonyl (C=O) groups excluding carboxylic acids is 1. The molecule has 0 atom stereocenters. The summed E-state index contributed by atoms with van der Waals surface area (Å²) in [7, 11) is 0. The van der Waals surface area contributed by atoms with Crippen LogP contribution in [0.15, 0.2) is 42.5 Å². The zero-order valence-electron chi connectivity index (χ0n) is 11.7. The van der Waals surface area contributed by atoms with Crippen LogP contribution in [-0.2, 0) is 0 Å². The SMILES string of the molecule is CC(C)c1ccc(Nc2cc(C(N)=O)ccc2N)cc1. The van der Waals surface area contributed by atoms with E-state index in [-0.39, 0.29) is 0 Å². The fourth-order valence-electron chi connectivity index (χ4n) is 1.92. The van der Waals surface area contributed by atoms with Gasteiger partial charge in [0.15, 0.2) is 0 Å². The van der Waals surface area contributed by atoms with Crippen LogP contribution in [-0.4, -0.2) is 5.91 Å². The molecule has 0 fully saturated rings. The molecule has 0 aliphatic heterocycles. The van der Waals surface area contributed by atoms with Crippen molar-refractivity contribution in [3.05, 3.63) is 53.6 Å². The first kappa shape index (κ1) is 13.9. The summed E-state index contributed by atoms with van der Waals surface area (Å²) < 4.78 is 0. The van der Waals surface area contributed by atoms with Crippen LogP contribution < -0.4 is 16.8 Å². The lowest BCUT2D eigenvalue weighted by Crippen LogP contribution is -2.11. The van der Waals surface area contributed by atoms with Crippen molar-refractivity contribution in [2.45, 2.75) is 19.8 Å². The maximum atomic E-state index is 11.2. The van der Waals surface area contributed by atoms with E-state index < -0.39 is 5.91 Å². The van der Waals surface area contributed by atoms with E-state index in [4.69, 9.17) is 11.5 Å². The number of anilines is 3. The van der Waals surface area contributed by atoms with Gasteiger partial charge in [-0.1, -0.05) is 26.0 Å². The van der Waals surface area contributed by atoms with Gasteiger partial charge in [0.2, 0.25) is 5.91 Å². The van der Waals surface area contributed by atoms with E-state index in [0.717, 1.165) is 5.69 Å². The molecular formula is C16H19N3O. The molecule has 2 aromatic carbocycles. The number of nitrogen functional groups attached to an aromatic ring is 1. The number of hydrogen-bond acceptors (Lipinski definition) is 3. The van der Waals surface area contributed by atoms with Gasteiger partial charge in [-0.2, -0.15) is 0 Å². The Hall–Kier alpha value is -2.49. The Bertz CT molecular complexity index is 618. The molecule has 0 heterocycles. The van der Waals surface area contributed by atoms with E-state index >= 15 is 0 Å². The summed E-state index contributed by atoms with van der Waals surface area (Å²) in [6.45, 7) is 4.30. The number of benzene rings is 2. The Kier molecular flexibility index (Phi) is 3.94. The van der Waals surface area contributed by atoms with Crippen LogP contribution in [0, 0.1) is 0 Å². The second-order valence-electron chi connectivity index (χ2n) is 5.07. The van der Waals surface area contributed by atoms with Crippen molar-refractivity contribution in [3.8, 4) is 0 Å². The molecule has 2 aromatic rings. The molecule has 4 heteroatoms. The fraction of sp³-hybridized carbons (Fsp3) is 0.188. The highest BCUT2D eigenvalue weighted by atomic mass is 16.1. The van der Waals surface area contributed by atoms with Gasteiger partial charge in [0.1, 0.15) is 0 Å². The Morgan fingerprint density at radius 2 is 1.75 bits per heavy atom. The summed E-state index contributed by atoms with van der Waals surface area (Å²) in [6, 6.07) is 13.1. The van der Waals surface area contributed by atoms with Crippen LogP contribution in [0.5, 0.6) is 0 Å². The van der Waals surface area contributed by atoms with Gasteiger partial charge in [-0.3, -0.25) is 4.79 Å². The molecule has 4 nitrogen and oxygen atoms in total. The van der Waals surface area contributed by atoms with Gasteiger partial charge in [0.05, 0.1) is 11.4 Å². The van der Waals surface area contributed by atoms with E-state index in [9.17, 15) is 4.79 Å². The molecule has 0 saturated carbocycles. The smallest absolute Gasteiger partial charge is 0.248 e. The predicted octanol–water partition coefficient (Wildman–Crippen LogP) is 3.23.